The van der Waals surface area contributed by atoms with Crippen LogP contribution in [0.1, 0.15) is 35.0 Å². The monoisotopic (exact) mass is 524 g/mol. The van der Waals surface area contributed by atoms with Gasteiger partial charge in [0, 0.05) is 36.0 Å². The van der Waals surface area contributed by atoms with E-state index >= 15 is 0 Å². The summed E-state index contributed by atoms with van der Waals surface area (Å²) in [5.74, 6) is 1.22. The van der Waals surface area contributed by atoms with E-state index in [0.717, 1.165) is 40.4 Å². The first-order valence-corrected chi connectivity index (χ1v) is 13.3. The van der Waals surface area contributed by atoms with Crippen molar-refractivity contribution in [2.45, 2.75) is 32.3 Å². The molecule has 0 saturated carbocycles. The molecule has 2 aromatic heterocycles. The second kappa shape index (κ2) is 10.9. The van der Waals surface area contributed by atoms with Crippen molar-refractivity contribution in [3.05, 3.63) is 70.3 Å². The number of benzene rings is 2. The highest BCUT2D eigenvalue weighted by atomic mass is 35.5. The minimum absolute atomic E-state index is 0.105. The van der Waals surface area contributed by atoms with Crippen LogP contribution in [-0.2, 0) is 6.42 Å². The van der Waals surface area contributed by atoms with Crippen molar-refractivity contribution in [2.75, 3.05) is 19.7 Å². The molecule has 0 radical (unpaired) electrons. The molecule has 1 aliphatic heterocycles. The number of hydrogen-bond acceptors (Lipinski definition) is 6. The molecule has 1 saturated heterocycles. The third kappa shape index (κ3) is 5.36. The zero-order valence-corrected chi connectivity index (χ0v) is 21.6. The molecule has 4 aromatic rings. The molecule has 2 atom stereocenters. The predicted molar refractivity (Wildman–Crippen MR) is 144 cm³/mol. The summed E-state index contributed by atoms with van der Waals surface area (Å²) in [7, 11) is 0. The van der Waals surface area contributed by atoms with E-state index < -0.39 is 5.91 Å². The second-order valence-corrected chi connectivity index (χ2v) is 10.5. The van der Waals surface area contributed by atoms with Crippen LogP contribution in [-0.4, -0.2) is 41.3 Å². The molecule has 0 unspecified atom stereocenters. The number of primary amides is 1. The minimum atomic E-state index is -0.526. The smallest absolute Gasteiger partial charge is 0.262 e. The van der Waals surface area contributed by atoms with Gasteiger partial charge in [-0.15, -0.1) is 11.3 Å². The highest BCUT2D eigenvalue weighted by Gasteiger charge is 2.22. The maximum atomic E-state index is 12.2. The van der Waals surface area contributed by atoms with E-state index in [4.69, 9.17) is 26.8 Å². The number of halogens is 1. The van der Waals surface area contributed by atoms with Gasteiger partial charge in [-0.1, -0.05) is 29.8 Å². The second-order valence-electron chi connectivity index (χ2n) is 9.03. The lowest BCUT2D eigenvalue weighted by Gasteiger charge is -2.28. The van der Waals surface area contributed by atoms with Crippen molar-refractivity contribution in [2.24, 2.45) is 11.7 Å². The Kier molecular flexibility index (Phi) is 7.46. The molecule has 2 aromatic carbocycles. The number of nitrogens with one attached hydrogen (secondary N) is 1. The molecule has 188 valence electrons. The fourth-order valence-corrected chi connectivity index (χ4v) is 5.73. The summed E-state index contributed by atoms with van der Waals surface area (Å²) in [4.78, 5) is 17.1. The number of amides is 1. The number of thiophene rings is 1. The van der Waals surface area contributed by atoms with Gasteiger partial charge in [0.25, 0.3) is 5.91 Å². The minimum Gasteiger partial charge on any atom is -0.491 e. The van der Waals surface area contributed by atoms with E-state index in [-0.39, 0.29) is 6.10 Å². The molecule has 36 heavy (non-hydrogen) atoms. The van der Waals surface area contributed by atoms with Gasteiger partial charge < -0.3 is 20.5 Å². The molecule has 7 nitrogen and oxygen atoms in total. The number of hydrogen-bond donors (Lipinski definition) is 2. The average Bonchev–Trinajstić information content (AvgIpc) is 3.50. The molecule has 3 N–H and O–H groups in total. The summed E-state index contributed by atoms with van der Waals surface area (Å²) in [6.45, 7) is 4.56. The predicted octanol–water partition coefficient (Wildman–Crippen LogP) is 5.23. The van der Waals surface area contributed by atoms with E-state index in [0.29, 0.717) is 34.6 Å². The molecule has 5 rings (SSSR count). The Balaban J connectivity index is 1.36. The van der Waals surface area contributed by atoms with E-state index in [1.54, 1.807) is 6.33 Å². The van der Waals surface area contributed by atoms with Crippen LogP contribution in [0.3, 0.4) is 0 Å². The summed E-state index contributed by atoms with van der Waals surface area (Å²) >= 11 is 7.53. The van der Waals surface area contributed by atoms with Crippen molar-refractivity contribution < 1.29 is 14.3 Å². The van der Waals surface area contributed by atoms with Crippen molar-refractivity contribution in [1.29, 1.82) is 0 Å². The van der Waals surface area contributed by atoms with E-state index in [1.807, 2.05) is 53.1 Å². The number of aromatic nitrogens is 2. The maximum absolute atomic E-state index is 12.2. The van der Waals surface area contributed by atoms with Gasteiger partial charge >= 0.3 is 0 Å². The van der Waals surface area contributed by atoms with Gasteiger partial charge in [-0.05, 0) is 50.1 Å². The molecule has 9 heteroatoms. The van der Waals surface area contributed by atoms with Gasteiger partial charge in [0.1, 0.15) is 27.7 Å². The van der Waals surface area contributed by atoms with Gasteiger partial charge in [0.05, 0.1) is 23.7 Å². The summed E-state index contributed by atoms with van der Waals surface area (Å²) in [5.41, 5.74) is 8.39. The van der Waals surface area contributed by atoms with Crippen molar-refractivity contribution in [3.63, 3.8) is 0 Å². The molecule has 1 amide bonds. The lowest BCUT2D eigenvalue weighted by atomic mass is 9.95. The molecular formula is C27H29ClN4O3S. The number of fused-ring (bicyclic) bond motifs is 1. The molecule has 0 aliphatic carbocycles. The lowest BCUT2D eigenvalue weighted by Crippen LogP contribution is -2.37. The van der Waals surface area contributed by atoms with Crippen molar-refractivity contribution in [1.82, 2.24) is 14.9 Å². The largest absolute Gasteiger partial charge is 0.491 e. The van der Waals surface area contributed by atoms with E-state index in [2.05, 4.69) is 17.2 Å². The summed E-state index contributed by atoms with van der Waals surface area (Å²) in [6, 6.07) is 15.4. The summed E-state index contributed by atoms with van der Waals surface area (Å²) in [6.07, 6.45) is 4.80. The van der Waals surface area contributed by atoms with Crippen LogP contribution in [0.15, 0.2) is 54.9 Å². The summed E-state index contributed by atoms with van der Waals surface area (Å²) < 4.78 is 14.2. The first-order valence-electron chi connectivity index (χ1n) is 12.1. The first-order chi connectivity index (χ1) is 17.5. The highest BCUT2D eigenvalue weighted by Crippen LogP contribution is 2.34. The number of nitrogens with two attached hydrogens (primary N) is 1. The number of carbonyl (C=O) groups is 1. The average molecular weight is 525 g/mol. The van der Waals surface area contributed by atoms with Crippen LogP contribution >= 0.6 is 22.9 Å². The van der Waals surface area contributed by atoms with Gasteiger partial charge in [0.15, 0.2) is 0 Å². The topological polar surface area (TPSA) is 91.4 Å². The fraction of sp³-hybridized carbons (Fsp3) is 0.333. The first kappa shape index (κ1) is 24.6. The van der Waals surface area contributed by atoms with Crippen LogP contribution in [0.4, 0.5) is 0 Å². The third-order valence-electron chi connectivity index (χ3n) is 6.57. The number of nitrogens with zero attached hydrogens (tertiary/aromatic N) is 2. The van der Waals surface area contributed by atoms with Crippen LogP contribution < -0.4 is 20.5 Å². The summed E-state index contributed by atoms with van der Waals surface area (Å²) in [5, 5.41) is 4.94. The number of rotatable bonds is 9. The zero-order valence-electron chi connectivity index (χ0n) is 20.1. The molecular weight excluding hydrogens is 496 g/mol. The highest BCUT2D eigenvalue weighted by molar-refractivity contribution is 7.16. The van der Waals surface area contributed by atoms with E-state index in [1.165, 1.54) is 24.2 Å². The Morgan fingerprint density at radius 1 is 1.31 bits per heavy atom. The molecule has 1 fully saturated rings. The van der Waals surface area contributed by atoms with Gasteiger partial charge in [-0.25, -0.2) is 4.98 Å². The number of imidazole rings is 1. The number of ether oxygens (including phenoxy) is 2. The molecule has 0 spiro atoms. The number of carbonyl (C=O) groups excluding carboxylic acids is 1. The Hall–Kier alpha value is -3.07. The van der Waals surface area contributed by atoms with Crippen LogP contribution in [0, 0.1) is 5.92 Å². The Morgan fingerprint density at radius 2 is 2.17 bits per heavy atom. The third-order valence-corrected chi connectivity index (χ3v) is 8.07. The maximum Gasteiger partial charge on any atom is 0.262 e. The van der Waals surface area contributed by atoms with Gasteiger partial charge in [-0.3, -0.25) is 9.36 Å². The Morgan fingerprint density at radius 3 is 2.94 bits per heavy atom. The van der Waals surface area contributed by atoms with Crippen LogP contribution in [0.5, 0.6) is 11.5 Å². The molecule has 1 aliphatic rings. The molecule has 3 heterocycles. The Labute approximate surface area is 219 Å². The fourth-order valence-electron chi connectivity index (χ4n) is 4.56. The van der Waals surface area contributed by atoms with Crippen LogP contribution in [0.2, 0.25) is 5.02 Å². The Bertz CT molecular complexity index is 1360. The quantitative estimate of drug-likeness (QED) is 0.313. The van der Waals surface area contributed by atoms with E-state index in [9.17, 15) is 4.79 Å². The lowest BCUT2D eigenvalue weighted by molar-refractivity contribution is 0.100. The van der Waals surface area contributed by atoms with Crippen molar-refractivity contribution >= 4 is 39.9 Å². The number of piperidine rings is 1. The zero-order chi connectivity index (χ0) is 25.1. The van der Waals surface area contributed by atoms with Gasteiger partial charge in [-0.2, -0.15) is 0 Å². The molecule has 0 bridgehead atoms. The van der Waals surface area contributed by atoms with Crippen molar-refractivity contribution in [3.8, 4) is 16.5 Å². The normalized spacial score (nSPS) is 16.7. The standard InChI is InChI=1S/C27H29ClN4O3S/c1-17(19-6-4-11-30-15-19)35-20-8-9-22-23(13-20)32(16-31-22)25-14-24(26(36-25)27(29)33)34-12-10-18-5-2-3-7-21(18)28/h2-3,5,7-9,13-14,16-17,19,30H,4,6,10-12,15H2,1H3,(H2,29,33)/t17-,19-/m1/s1. The van der Waals surface area contributed by atoms with Gasteiger partial charge in [0.2, 0.25) is 0 Å². The SMILES string of the molecule is C[C@@H](Oc1ccc2ncn(-c3cc(OCCc4ccccc4Cl)c(C(N)=O)s3)c2c1)[C@@H]1CCCNC1. The van der Waals surface area contributed by atoms with Crippen LogP contribution in [0.25, 0.3) is 16.0 Å².